The molecule has 0 saturated heterocycles. The second-order valence-corrected chi connectivity index (χ2v) is 7.01. The fourth-order valence-corrected chi connectivity index (χ4v) is 3.73. The van der Waals surface area contributed by atoms with Crippen LogP contribution in [-0.4, -0.2) is 40.5 Å². The minimum atomic E-state index is -0.0901. The highest BCUT2D eigenvalue weighted by Crippen LogP contribution is 2.30. The number of aromatic nitrogens is 2. The first-order chi connectivity index (χ1) is 12.6. The first-order valence-electron chi connectivity index (χ1n) is 9.22. The van der Waals surface area contributed by atoms with Crippen molar-refractivity contribution in [3.8, 4) is 5.75 Å². The maximum Gasteiger partial charge on any atom is 0.222 e. The summed E-state index contributed by atoms with van der Waals surface area (Å²) in [5.74, 6) is 1.49. The molecular formula is C20H24N4O2. The Morgan fingerprint density at radius 3 is 2.92 bits per heavy atom. The summed E-state index contributed by atoms with van der Waals surface area (Å²) in [5, 5.41) is 2.77. The number of fused-ring (bicyclic) bond motifs is 2. The molecule has 1 N–H and O–H groups in total. The molecule has 1 atom stereocenters. The number of nitrogens with zero attached hydrogens (tertiary/aromatic N) is 3. The van der Waals surface area contributed by atoms with Crippen LogP contribution in [0.25, 0.3) is 0 Å². The van der Waals surface area contributed by atoms with E-state index in [0.29, 0.717) is 5.82 Å². The Labute approximate surface area is 153 Å². The van der Waals surface area contributed by atoms with Gasteiger partial charge < -0.3 is 10.1 Å². The van der Waals surface area contributed by atoms with Crippen LogP contribution in [0.1, 0.15) is 42.4 Å². The predicted octanol–water partition coefficient (Wildman–Crippen LogP) is 2.53. The van der Waals surface area contributed by atoms with Gasteiger partial charge in [-0.1, -0.05) is 6.07 Å². The molecule has 0 aromatic carbocycles. The van der Waals surface area contributed by atoms with Gasteiger partial charge in [-0.25, -0.2) is 4.98 Å². The summed E-state index contributed by atoms with van der Waals surface area (Å²) < 4.78 is 5.67. The summed E-state index contributed by atoms with van der Waals surface area (Å²) in [6.45, 7) is 6.38. The van der Waals surface area contributed by atoms with Crippen LogP contribution < -0.4 is 10.1 Å². The maximum atomic E-state index is 11.3. The van der Waals surface area contributed by atoms with Crippen LogP contribution in [0.15, 0.2) is 24.4 Å². The summed E-state index contributed by atoms with van der Waals surface area (Å²) in [6.07, 6.45) is 4.73. The van der Waals surface area contributed by atoms with Crippen molar-refractivity contribution in [3.63, 3.8) is 0 Å². The molecule has 1 amide bonds. The molecule has 6 nitrogen and oxygen atoms in total. The highest BCUT2D eigenvalue weighted by Gasteiger charge is 2.23. The van der Waals surface area contributed by atoms with Crippen molar-refractivity contribution in [2.24, 2.45) is 0 Å². The summed E-state index contributed by atoms with van der Waals surface area (Å²) in [5.41, 5.74) is 4.62. The Kier molecular flexibility index (Phi) is 4.59. The third kappa shape index (κ3) is 3.42. The maximum absolute atomic E-state index is 11.3. The molecule has 0 aliphatic carbocycles. The number of ether oxygens (including phenoxy) is 1. The molecule has 2 aliphatic heterocycles. The minimum Gasteiger partial charge on any atom is -0.491 e. The molecule has 26 heavy (non-hydrogen) atoms. The van der Waals surface area contributed by atoms with Crippen LogP contribution >= 0.6 is 0 Å². The third-order valence-electron chi connectivity index (χ3n) is 5.25. The first kappa shape index (κ1) is 17.0. The van der Waals surface area contributed by atoms with Crippen molar-refractivity contribution < 1.29 is 9.53 Å². The standard InChI is InChI=1S/C20H24N4O2/c1-13(16-11-19-18(21-12-16)7-10-26-19)24-8-5-15-3-4-20(22-14(2)25)23-17(15)6-9-24/h3-4,11-13H,5-10H2,1-2H3,(H,22,23,25). The number of hydrogen-bond acceptors (Lipinski definition) is 5. The third-order valence-corrected chi connectivity index (χ3v) is 5.25. The number of carbonyl (C=O) groups excluding carboxylic acids is 1. The average Bonchev–Trinajstić information content (AvgIpc) is 2.99. The van der Waals surface area contributed by atoms with E-state index in [9.17, 15) is 4.79 Å². The molecule has 2 aliphatic rings. The summed E-state index contributed by atoms with van der Waals surface area (Å²) in [6, 6.07) is 6.40. The monoisotopic (exact) mass is 352 g/mol. The van der Waals surface area contributed by atoms with Crippen molar-refractivity contribution in [2.75, 3.05) is 25.0 Å². The van der Waals surface area contributed by atoms with Crippen LogP contribution in [-0.2, 0) is 24.1 Å². The predicted molar refractivity (Wildman–Crippen MR) is 99.4 cm³/mol. The number of hydrogen-bond donors (Lipinski definition) is 1. The zero-order chi connectivity index (χ0) is 18.1. The lowest BCUT2D eigenvalue weighted by Gasteiger charge is -2.27. The molecule has 6 heteroatoms. The van der Waals surface area contributed by atoms with E-state index in [1.165, 1.54) is 18.1 Å². The van der Waals surface area contributed by atoms with Gasteiger partial charge in [-0.3, -0.25) is 14.7 Å². The van der Waals surface area contributed by atoms with E-state index >= 15 is 0 Å². The summed E-state index contributed by atoms with van der Waals surface area (Å²) in [7, 11) is 0. The molecule has 0 radical (unpaired) electrons. The Hall–Kier alpha value is -2.47. The quantitative estimate of drug-likeness (QED) is 0.919. The fourth-order valence-electron chi connectivity index (χ4n) is 3.73. The average molecular weight is 352 g/mol. The molecule has 136 valence electrons. The van der Waals surface area contributed by atoms with Gasteiger partial charge in [0.1, 0.15) is 11.6 Å². The van der Waals surface area contributed by atoms with Gasteiger partial charge in [0, 0.05) is 50.8 Å². The van der Waals surface area contributed by atoms with Crippen molar-refractivity contribution in [1.82, 2.24) is 14.9 Å². The second kappa shape index (κ2) is 7.03. The van der Waals surface area contributed by atoms with Gasteiger partial charge >= 0.3 is 0 Å². The van der Waals surface area contributed by atoms with E-state index in [2.05, 4.69) is 39.2 Å². The topological polar surface area (TPSA) is 67.4 Å². The van der Waals surface area contributed by atoms with Gasteiger partial charge in [0.25, 0.3) is 0 Å². The molecule has 0 fully saturated rings. The van der Waals surface area contributed by atoms with E-state index in [4.69, 9.17) is 4.74 Å². The van der Waals surface area contributed by atoms with Gasteiger partial charge in [0.15, 0.2) is 0 Å². The largest absolute Gasteiger partial charge is 0.491 e. The molecule has 0 spiro atoms. The van der Waals surface area contributed by atoms with Crippen molar-refractivity contribution in [2.45, 2.75) is 39.2 Å². The van der Waals surface area contributed by atoms with Gasteiger partial charge in [-0.2, -0.15) is 0 Å². The molecule has 1 unspecified atom stereocenters. The zero-order valence-electron chi connectivity index (χ0n) is 15.3. The van der Waals surface area contributed by atoms with E-state index in [1.54, 1.807) is 0 Å². The summed E-state index contributed by atoms with van der Waals surface area (Å²) in [4.78, 5) is 22.9. The van der Waals surface area contributed by atoms with Crippen molar-refractivity contribution in [3.05, 3.63) is 46.9 Å². The first-order valence-corrected chi connectivity index (χ1v) is 9.22. The number of carbonyl (C=O) groups is 1. The Morgan fingerprint density at radius 2 is 2.08 bits per heavy atom. The van der Waals surface area contributed by atoms with Crippen LogP contribution in [0.3, 0.4) is 0 Å². The van der Waals surface area contributed by atoms with E-state index < -0.39 is 0 Å². The second-order valence-electron chi connectivity index (χ2n) is 7.01. The van der Waals surface area contributed by atoms with Gasteiger partial charge in [0.05, 0.1) is 12.3 Å². The minimum absolute atomic E-state index is 0.0901. The lowest BCUT2D eigenvalue weighted by Crippen LogP contribution is -2.29. The lowest BCUT2D eigenvalue weighted by molar-refractivity contribution is -0.114. The summed E-state index contributed by atoms with van der Waals surface area (Å²) >= 11 is 0. The molecule has 4 rings (SSSR count). The molecule has 4 heterocycles. The number of amides is 1. The molecule has 0 saturated carbocycles. The van der Waals surface area contributed by atoms with Crippen molar-refractivity contribution in [1.29, 1.82) is 0 Å². The van der Waals surface area contributed by atoms with Crippen LogP contribution in [0.2, 0.25) is 0 Å². The highest BCUT2D eigenvalue weighted by atomic mass is 16.5. The zero-order valence-corrected chi connectivity index (χ0v) is 15.3. The van der Waals surface area contributed by atoms with Gasteiger partial charge in [-0.05, 0) is 36.6 Å². The number of anilines is 1. The normalized spacial score (nSPS) is 17.6. The highest BCUT2D eigenvalue weighted by molar-refractivity contribution is 5.87. The fraction of sp³-hybridized carbons (Fsp3) is 0.450. The SMILES string of the molecule is CC(=O)Nc1ccc2c(n1)CCN(C(C)c1cnc3c(c1)OCC3)CC2. The van der Waals surface area contributed by atoms with Crippen molar-refractivity contribution >= 4 is 11.7 Å². The van der Waals surface area contributed by atoms with Gasteiger partial charge in [-0.15, -0.1) is 0 Å². The van der Waals surface area contributed by atoms with E-state index in [0.717, 1.165) is 56.1 Å². The molecule has 2 aromatic heterocycles. The van der Waals surface area contributed by atoms with E-state index in [-0.39, 0.29) is 11.9 Å². The molecular weight excluding hydrogens is 328 g/mol. The molecule has 0 bridgehead atoms. The Bertz CT molecular complexity index is 837. The Balaban J connectivity index is 1.49. The van der Waals surface area contributed by atoms with E-state index in [1.807, 2.05) is 12.3 Å². The Morgan fingerprint density at radius 1 is 1.23 bits per heavy atom. The smallest absolute Gasteiger partial charge is 0.222 e. The lowest BCUT2D eigenvalue weighted by atomic mass is 10.1. The van der Waals surface area contributed by atoms with Gasteiger partial charge in [0.2, 0.25) is 5.91 Å². The number of rotatable bonds is 3. The van der Waals surface area contributed by atoms with Crippen LogP contribution in [0, 0.1) is 0 Å². The number of nitrogens with one attached hydrogen (secondary N) is 1. The number of pyridine rings is 2. The molecule has 2 aromatic rings. The van der Waals surface area contributed by atoms with Crippen LogP contribution in [0.4, 0.5) is 5.82 Å². The van der Waals surface area contributed by atoms with Crippen LogP contribution in [0.5, 0.6) is 5.75 Å².